The molecule has 8 heteroatoms. The molecule has 33 heavy (non-hydrogen) atoms. The molecule has 4 aromatic rings. The van der Waals surface area contributed by atoms with Crippen molar-refractivity contribution in [1.29, 1.82) is 0 Å². The molecule has 0 aliphatic heterocycles. The molecule has 1 heterocycles. The van der Waals surface area contributed by atoms with Crippen LogP contribution in [0.2, 0.25) is 0 Å². The Labute approximate surface area is 196 Å². The lowest BCUT2D eigenvalue weighted by atomic mass is 10.1. The highest BCUT2D eigenvalue weighted by molar-refractivity contribution is 7.99. The Balaban J connectivity index is 1.44. The van der Waals surface area contributed by atoms with Crippen molar-refractivity contribution < 1.29 is 9.59 Å². The lowest BCUT2D eigenvalue weighted by Gasteiger charge is -2.19. The zero-order valence-corrected chi connectivity index (χ0v) is 18.8. The van der Waals surface area contributed by atoms with Crippen LogP contribution in [0, 0.1) is 6.92 Å². The molecule has 4 rings (SSSR count). The molecule has 3 aromatic carbocycles. The molecule has 0 radical (unpaired) electrons. The van der Waals surface area contributed by atoms with E-state index in [2.05, 4.69) is 20.8 Å². The molecule has 2 amide bonds. The largest absolute Gasteiger partial charge is 0.340 e. The Bertz CT molecular complexity index is 1210. The molecule has 0 bridgehead atoms. The van der Waals surface area contributed by atoms with Crippen molar-refractivity contribution >= 4 is 29.3 Å². The van der Waals surface area contributed by atoms with Gasteiger partial charge in [0.25, 0.3) is 5.91 Å². The van der Waals surface area contributed by atoms with E-state index in [0.717, 1.165) is 11.3 Å². The smallest absolute Gasteiger partial charge is 0.251 e. The molecule has 0 spiro atoms. The first kappa shape index (κ1) is 22.3. The van der Waals surface area contributed by atoms with E-state index in [1.165, 1.54) is 11.8 Å². The topological polar surface area (TPSA) is 88.9 Å². The van der Waals surface area contributed by atoms with Crippen LogP contribution in [0.3, 0.4) is 0 Å². The standard InChI is InChI=1S/C25H23N5O2S/c1-18-12-14-21(15-13-18)30-17-26-29-25(30)33-16-22(31)28-23(19-8-4-2-5-9-19)24(32)27-20-10-6-3-7-11-20/h2-15,17,23H,16H2,1H3,(H,27,32)(H,28,31). The minimum absolute atomic E-state index is 0.0898. The maximum atomic E-state index is 13.0. The maximum absolute atomic E-state index is 13.0. The van der Waals surface area contributed by atoms with Gasteiger partial charge in [-0.2, -0.15) is 0 Å². The van der Waals surface area contributed by atoms with Crippen LogP contribution in [-0.4, -0.2) is 32.3 Å². The SMILES string of the molecule is Cc1ccc(-n2cnnc2SCC(=O)NC(C(=O)Nc2ccccc2)c2ccccc2)cc1. The van der Waals surface area contributed by atoms with Crippen molar-refractivity contribution in [2.45, 2.75) is 18.1 Å². The first-order chi connectivity index (χ1) is 16.1. The van der Waals surface area contributed by atoms with Gasteiger partial charge in [0.1, 0.15) is 12.4 Å². The predicted molar refractivity (Wildman–Crippen MR) is 129 cm³/mol. The number of carbonyl (C=O) groups excluding carboxylic acids is 2. The number of benzene rings is 3. The fraction of sp³-hybridized carbons (Fsp3) is 0.120. The van der Waals surface area contributed by atoms with Gasteiger partial charge >= 0.3 is 0 Å². The summed E-state index contributed by atoms with van der Waals surface area (Å²) in [5.41, 5.74) is 3.43. The van der Waals surface area contributed by atoms with Gasteiger partial charge in [0.2, 0.25) is 5.91 Å². The van der Waals surface area contributed by atoms with Gasteiger partial charge in [-0.05, 0) is 36.8 Å². The Morgan fingerprint density at radius 1 is 0.939 bits per heavy atom. The molecule has 1 atom stereocenters. The van der Waals surface area contributed by atoms with E-state index in [1.54, 1.807) is 18.5 Å². The van der Waals surface area contributed by atoms with Crippen molar-refractivity contribution in [2.24, 2.45) is 0 Å². The number of para-hydroxylation sites is 1. The molecule has 1 unspecified atom stereocenters. The van der Waals surface area contributed by atoms with Gasteiger partial charge in [0.05, 0.1) is 5.75 Å². The van der Waals surface area contributed by atoms with Crippen molar-refractivity contribution in [3.05, 3.63) is 102 Å². The normalized spacial score (nSPS) is 11.5. The molecule has 7 nitrogen and oxygen atoms in total. The quantitative estimate of drug-likeness (QED) is 0.388. The molecule has 0 aliphatic rings. The number of anilines is 1. The van der Waals surface area contributed by atoms with E-state index in [9.17, 15) is 9.59 Å². The van der Waals surface area contributed by atoms with Crippen LogP contribution in [0.4, 0.5) is 5.69 Å². The zero-order chi connectivity index (χ0) is 23.0. The zero-order valence-electron chi connectivity index (χ0n) is 18.0. The van der Waals surface area contributed by atoms with Crippen molar-refractivity contribution in [3.63, 3.8) is 0 Å². The van der Waals surface area contributed by atoms with Crippen molar-refractivity contribution in [1.82, 2.24) is 20.1 Å². The fourth-order valence-corrected chi connectivity index (χ4v) is 3.96. The highest BCUT2D eigenvalue weighted by atomic mass is 32.2. The predicted octanol–water partition coefficient (Wildman–Crippen LogP) is 4.16. The second kappa shape index (κ2) is 10.6. The van der Waals surface area contributed by atoms with E-state index in [-0.39, 0.29) is 17.6 Å². The summed E-state index contributed by atoms with van der Waals surface area (Å²) in [4.78, 5) is 25.8. The Kier molecular flexibility index (Phi) is 7.16. The average molecular weight is 458 g/mol. The number of aromatic nitrogens is 3. The van der Waals surface area contributed by atoms with Gasteiger partial charge in [-0.15, -0.1) is 10.2 Å². The summed E-state index contributed by atoms with van der Waals surface area (Å²) in [6, 6.07) is 25.5. The molecule has 166 valence electrons. The summed E-state index contributed by atoms with van der Waals surface area (Å²) in [6.45, 7) is 2.02. The van der Waals surface area contributed by atoms with E-state index < -0.39 is 6.04 Å². The Hall–Kier alpha value is -3.91. The fourth-order valence-electron chi connectivity index (χ4n) is 3.22. The molecular weight excluding hydrogens is 434 g/mol. The summed E-state index contributed by atoms with van der Waals surface area (Å²) < 4.78 is 1.83. The summed E-state index contributed by atoms with van der Waals surface area (Å²) >= 11 is 1.26. The summed E-state index contributed by atoms with van der Waals surface area (Å²) in [5, 5.41) is 14.4. The van der Waals surface area contributed by atoms with Gasteiger partial charge in [0.15, 0.2) is 5.16 Å². The van der Waals surface area contributed by atoms with Crippen LogP contribution in [0.15, 0.2) is 96.4 Å². The van der Waals surface area contributed by atoms with E-state index in [4.69, 9.17) is 0 Å². The van der Waals surface area contributed by atoms with Crippen LogP contribution < -0.4 is 10.6 Å². The van der Waals surface area contributed by atoms with Gasteiger partial charge in [-0.25, -0.2) is 0 Å². The number of rotatable bonds is 8. The molecule has 0 aliphatic carbocycles. The minimum atomic E-state index is -0.825. The van der Waals surface area contributed by atoms with E-state index in [0.29, 0.717) is 16.4 Å². The van der Waals surface area contributed by atoms with Gasteiger partial charge < -0.3 is 10.6 Å². The molecule has 0 saturated heterocycles. The second-order valence-electron chi connectivity index (χ2n) is 7.37. The van der Waals surface area contributed by atoms with Crippen molar-refractivity contribution in [3.8, 4) is 5.69 Å². The number of aryl methyl sites for hydroxylation is 1. The highest BCUT2D eigenvalue weighted by Crippen LogP contribution is 2.21. The number of hydrogen-bond acceptors (Lipinski definition) is 5. The minimum Gasteiger partial charge on any atom is -0.340 e. The average Bonchev–Trinajstić information content (AvgIpc) is 3.31. The number of hydrogen-bond donors (Lipinski definition) is 2. The number of nitrogens with zero attached hydrogens (tertiary/aromatic N) is 3. The second-order valence-corrected chi connectivity index (χ2v) is 8.32. The molecule has 1 aromatic heterocycles. The number of carbonyl (C=O) groups is 2. The molecular formula is C25H23N5O2S. The molecule has 2 N–H and O–H groups in total. The lowest BCUT2D eigenvalue weighted by molar-refractivity contribution is -0.125. The van der Waals surface area contributed by atoms with Gasteiger partial charge in [-0.3, -0.25) is 14.2 Å². The molecule has 0 saturated carbocycles. The number of nitrogens with one attached hydrogen (secondary N) is 2. The number of thioether (sulfide) groups is 1. The molecule has 0 fully saturated rings. The summed E-state index contributed by atoms with van der Waals surface area (Å²) in [5.74, 6) is -0.504. The van der Waals surface area contributed by atoms with E-state index >= 15 is 0 Å². The van der Waals surface area contributed by atoms with Crippen LogP contribution in [-0.2, 0) is 9.59 Å². The number of amides is 2. The first-order valence-electron chi connectivity index (χ1n) is 10.4. The van der Waals surface area contributed by atoms with Crippen LogP contribution >= 0.6 is 11.8 Å². The third-order valence-electron chi connectivity index (χ3n) is 4.90. The Morgan fingerprint density at radius 3 is 2.30 bits per heavy atom. The Morgan fingerprint density at radius 2 is 1.61 bits per heavy atom. The van der Waals surface area contributed by atoms with Gasteiger partial charge in [0, 0.05) is 11.4 Å². The first-order valence-corrected chi connectivity index (χ1v) is 11.4. The van der Waals surface area contributed by atoms with Crippen molar-refractivity contribution in [2.75, 3.05) is 11.1 Å². The van der Waals surface area contributed by atoms with Crippen LogP contribution in [0.25, 0.3) is 5.69 Å². The summed E-state index contributed by atoms with van der Waals surface area (Å²) in [7, 11) is 0. The van der Waals surface area contributed by atoms with E-state index in [1.807, 2.05) is 84.3 Å². The monoisotopic (exact) mass is 457 g/mol. The maximum Gasteiger partial charge on any atom is 0.251 e. The third-order valence-corrected chi connectivity index (χ3v) is 5.85. The lowest BCUT2D eigenvalue weighted by Crippen LogP contribution is -2.37. The third kappa shape index (κ3) is 5.87. The van der Waals surface area contributed by atoms with Crippen LogP contribution in [0.1, 0.15) is 17.2 Å². The summed E-state index contributed by atoms with van der Waals surface area (Å²) in [6.07, 6.45) is 1.62. The highest BCUT2D eigenvalue weighted by Gasteiger charge is 2.23. The van der Waals surface area contributed by atoms with Crippen LogP contribution in [0.5, 0.6) is 0 Å². The van der Waals surface area contributed by atoms with Gasteiger partial charge in [-0.1, -0.05) is 78.0 Å².